The van der Waals surface area contributed by atoms with E-state index in [1.165, 1.54) is 11.1 Å². The van der Waals surface area contributed by atoms with Gasteiger partial charge in [0.05, 0.1) is 0 Å². The van der Waals surface area contributed by atoms with Crippen LogP contribution in [0, 0.1) is 13.8 Å². The Kier molecular flexibility index (Phi) is 3.50. The van der Waals surface area contributed by atoms with E-state index in [1.54, 1.807) is 6.20 Å². The normalized spacial score (nSPS) is 10.9. The van der Waals surface area contributed by atoms with Crippen LogP contribution in [-0.4, -0.2) is 14.4 Å². The Bertz CT molecular complexity index is 1000. The van der Waals surface area contributed by atoms with E-state index in [-0.39, 0.29) is 0 Å². The molecule has 4 nitrogen and oxygen atoms in total. The summed E-state index contributed by atoms with van der Waals surface area (Å²) >= 11 is 0. The zero-order chi connectivity index (χ0) is 16.5. The summed E-state index contributed by atoms with van der Waals surface area (Å²) in [5.41, 5.74) is 6.27. The lowest BCUT2D eigenvalue weighted by atomic mass is 10.2. The molecular formula is C20H18N4. The molecule has 1 N–H and O–H groups in total. The molecule has 0 aliphatic heterocycles. The van der Waals surface area contributed by atoms with Crippen LogP contribution in [0.2, 0.25) is 0 Å². The Balaban J connectivity index is 1.93. The lowest BCUT2D eigenvalue weighted by Crippen LogP contribution is -1.98. The van der Waals surface area contributed by atoms with E-state index in [4.69, 9.17) is 4.98 Å². The van der Waals surface area contributed by atoms with Crippen molar-refractivity contribution >= 4 is 17.2 Å². The van der Waals surface area contributed by atoms with Gasteiger partial charge >= 0.3 is 0 Å². The Morgan fingerprint density at radius 3 is 2.67 bits per heavy atom. The van der Waals surface area contributed by atoms with Gasteiger partial charge in [0, 0.05) is 29.8 Å². The molecule has 0 spiro atoms. The lowest BCUT2D eigenvalue weighted by molar-refractivity contribution is 1.17. The minimum Gasteiger partial charge on any atom is -0.339 e. The summed E-state index contributed by atoms with van der Waals surface area (Å²) in [5.74, 6) is 0.951. The van der Waals surface area contributed by atoms with Crippen LogP contribution in [0.3, 0.4) is 0 Å². The molecule has 4 rings (SSSR count). The fourth-order valence-corrected chi connectivity index (χ4v) is 2.81. The number of aryl methyl sites for hydroxylation is 2. The molecule has 0 fully saturated rings. The maximum atomic E-state index is 4.83. The molecule has 4 heteroatoms. The third kappa shape index (κ3) is 2.52. The number of imidazole rings is 1. The van der Waals surface area contributed by atoms with Crippen molar-refractivity contribution in [2.24, 2.45) is 0 Å². The number of hydrogen-bond donors (Lipinski definition) is 1. The number of para-hydroxylation sites is 1. The molecule has 0 amide bonds. The standard InChI is InChI=1S/C20H18N4/c1-14-9-11-24-18(12-14)23-19(16-7-5-10-21-13-16)20(24)22-17-8-4-3-6-15(17)2/h3-13,22H,1-2H3. The molecule has 0 bridgehead atoms. The van der Waals surface area contributed by atoms with Crippen molar-refractivity contribution in [3.63, 3.8) is 0 Å². The maximum Gasteiger partial charge on any atom is 0.143 e. The third-order valence-corrected chi connectivity index (χ3v) is 4.11. The smallest absolute Gasteiger partial charge is 0.143 e. The van der Waals surface area contributed by atoms with Crippen LogP contribution in [0.4, 0.5) is 11.5 Å². The highest BCUT2D eigenvalue weighted by atomic mass is 15.1. The minimum absolute atomic E-state index is 0.900. The van der Waals surface area contributed by atoms with Crippen LogP contribution in [0.1, 0.15) is 11.1 Å². The quantitative estimate of drug-likeness (QED) is 0.593. The summed E-state index contributed by atoms with van der Waals surface area (Å²) in [6.45, 7) is 4.17. The average molecular weight is 314 g/mol. The number of nitrogens with zero attached hydrogens (tertiary/aromatic N) is 3. The van der Waals surface area contributed by atoms with E-state index in [0.29, 0.717) is 0 Å². The lowest BCUT2D eigenvalue weighted by Gasteiger charge is -2.11. The second-order valence-electron chi connectivity index (χ2n) is 5.92. The number of benzene rings is 1. The van der Waals surface area contributed by atoms with Crippen LogP contribution in [0.15, 0.2) is 67.1 Å². The van der Waals surface area contributed by atoms with Crippen molar-refractivity contribution < 1.29 is 0 Å². The second-order valence-corrected chi connectivity index (χ2v) is 5.92. The van der Waals surface area contributed by atoms with Gasteiger partial charge in [0.2, 0.25) is 0 Å². The Labute approximate surface area is 140 Å². The first-order chi connectivity index (χ1) is 11.7. The number of rotatable bonds is 3. The van der Waals surface area contributed by atoms with Gasteiger partial charge in [0.15, 0.2) is 0 Å². The number of nitrogens with one attached hydrogen (secondary N) is 1. The first kappa shape index (κ1) is 14.5. The number of fused-ring (bicyclic) bond motifs is 1. The van der Waals surface area contributed by atoms with Crippen LogP contribution < -0.4 is 5.32 Å². The van der Waals surface area contributed by atoms with Crippen molar-refractivity contribution in [3.8, 4) is 11.3 Å². The van der Waals surface area contributed by atoms with E-state index in [1.807, 2.05) is 30.5 Å². The molecular weight excluding hydrogens is 296 g/mol. The molecule has 24 heavy (non-hydrogen) atoms. The molecule has 3 aromatic heterocycles. The molecule has 0 aliphatic rings. The van der Waals surface area contributed by atoms with Crippen LogP contribution in [0.5, 0.6) is 0 Å². The van der Waals surface area contributed by atoms with E-state index < -0.39 is 0 Å². The number of aromatic nitrogens is 3. The van der Waals surface area contributed by atoms with Gasteiger partial charge in [-0.15, -0.1) is 0 Å². The van der Waals surface area contributed by atoms with Crippen LogP contribution in [0.25, 0.3) is 16.9 Å². The van der Waals surface area contributed by atoms with E-state index >= 15 is 0 Å². The van der Waals surface area contributed by atoms with Gasteiger partial charge in [0.25, 0.3) is 0 Å². The summed E-state index contributed by atoms with van der Waals surface area (Å²) in [6, 6.07) is 16.4. The SMILES string of the molecule is Cc1ccn2c(Nc3ccccc3C)c(-c3cccnc3)nc2c1. The topological polar surface area (TPSA) is 42.2 Å². The van der Waals surface area contributed by atoms with Gasteiger partial charge < -0.3 is 5.32 Å². The van der Waals surface area contributed by atoms with Gasteiger partial charge in [-0.1, -0.05) is 18.2 Å². The summed E-state index contributed by atoms with van der Waals surface area (Å²) in [4.78, 5) is 9.07. The molecule has 4 aromatic rings. The summed E-state index contributed by atoms with van der Waals surface area (Å²) in [7, 11) is 0. The first-order valence-corrected chi connectivity index (χ1v) is 7.94. The predicted molar refractivity (Wildman–Crippen MR) is 97.6 cm³/mol. The molecule has 0 radical (unpaired) electrons. The molecule has 0 saturated carbocycles. The van der Waals surface area contributed by atoms with Crippen LogP contribution >= 0.6 is 0 Å². The molecule has 0 aliphatic carbocycles. The van der Waals surface area contributed by atoms with E-state index in [9.17, 15) is 0 Å². The highest BCUT2D eigenvalue weighted by Gasteiger charge is 2.15. The van der Waals surface area contributed by atoms with Crippen LogP contribution in [-0.2, 0) is 0 Å². The largest absolute Gasteiger partial charge is 0.339 e. The van der Waals surface area contributed by atoms with Crippen molar-refractivity contribution in [2.75, 3.05) is 5.32 Å². The molecule has 0 unspecified atom stereocenters. The third-order valence-electron chi connectivity index (χ3n) is 4.11. The van der Waals surface area contributed by atoms with Gasteiger partial charge in [0.1, 0.15) is 17.2 Å². The fourth-order valence-electron chi connectivity index (χ4n) is 2.81. The Morgan fingerprint density at radius 1 is 1.00 bits per heavy atom. The monoisotopic (exact) mass is 314 g/mol. The van der Waals surface area contributed by atoms with E-state index in [2.05, 4.69) is 59.0 Å². The number of anilines is 2. The Morgan fingerprint density at radius 2 is 1.88 bits per heavy atom. The van der Waals surface area contributed by atoms with Crippen molar-refractivity contribution in [2.45, 2.75) is 13.8 Å². The molecule has 0 saturated heterocycles. The van der Waals surface area contributed by atoms with Crippen molar-refractivity contribution in [1.29, 1.82) is 0 Å². The van der Waals surface area contributed by atoms with Gasteiger partial charge in [-0.25, -0.2) is 4.98 Å². The summed E-state index contributed by atoms with van der Waals surface area (Å²) in [5, 5.41) is 3.55. The Hall–Kier alpha value is -3.14. The minimum atomic E-state index is 0.900. The maximum absolute atomic E-state index is 4.83. The van der Waals surface area contributed by atoms with Gasteiger partial charge in [-0.3, -0.25) is 9.38 Å². The highest BCUT2D eigenvalue weighted by molar-refractivity contribution is 5.80. The number of pyridine rings is 2. The van der Waals surface area contributed by atoms with Gasteiger partial charge in [-0.05, 0) is 55.3 Å². The second kappa shape index (κ2) is 5.81. The number of hydrogen-bond acceptors (Lipinski definition) is 3. The van der Waals surface area contributed by atoms with E-state index in [0.717, 1.165) is 28.4 Å². The molecule has 118 valence electrons. The van der Waals surface area contributed by atoms with Crippen molar-refractivity contribution in [1.82, 2.24) is 14.4 Å². The first-order valence-electron chi connectivity index (χ1n) is 7.94. The summed E-state index contributed by atoms with van der Waals surface area (Å²) < 4.78 is 2.09. The zero-order valence-corrected chi connectivity index (χ0v) is 13.7. The summed E-state index contributed by atoms with van der Waals surface area (Å²) in [6.07, 6.45) is 5.67. The molecule has 3 heterocycles. The van der Waals surface area contributed by atoms with Gasteiger partial charge in [-0.2, -0.15) is 0 Å². The highest BCUT2D eigenvalue weighted by Crippen LogP contribution is 2.31. The molecule has 0 atom stereocenters. The van der Waals surface area contributed by atoms with Crippen molar-refractivity contribution in [3.05, 3.63) is 78.2 Å². The molecule has 1 aromatic carbocycles. The zero-order valence-electron chi connectivity index (χ0n) is 13.7. The predicted octanol–water partition coefficient (Wildman–Crippen LogP) is 4.76. The fraction of sp³-hybridized carbons (Fsp3) is 0.100. The average Bonchev–Trinajstić information content (AvgIpc) is 2.95.